The molecule has 1 nitrogen and oxygen atoms in total. The molecule has 0 unspecified atom stereocenters. The largest absolute Gasteiger partial charge is 0.310 e. The van der Waals surface area contributed by atoms with E-state index in [-0.39, 0.29) is 0 Å². The summed E-state index contributed by atoms with van der Waals surface area (Å²) in [5.74, 6) is 0. The van der Waals surface area contributed by atoms with Gasteiger partial charge in [-0.05, 0) is 118 Å². The van der Waals surface area contributed by atoms with Crippen LogP contribution in [0.2, 0.25) is 0 Å². The maximum atomic E-state index is 2.32. The van der Waals surface area contributed by atoms with Crippen molar-refractivity contribution in [3.63, 3.8) is 0 Å². The zero-order chi connectivity index (χ0) is 38.3. The molecule has 7 aromatic rings. The first-order valence-electron chi connectivity index (χ1n) is 18.7. The lowest BCUT2D eigenvalue weighted by molar-refractivity contribution is 1.26. The number of hydrogen-bond donors (Lipinski definition) is 0. The Morgan fingerprint density at radius 3 is 0.833 bits per heavy atom. The lowest BCUT2D eigenvalue weighted by Gasteiger charge is -2.26. The summed E-state index contributed by atoms with van der Waals surface area (Å²) in [4.78, 5) is 2.32. The molecular weight excluding hydrogens is 651 g/mol. The van der Waals surface area contributed by atoms with E-state index in [2.05, 4.69) is 248 Å². The van der Waals surface area contributed by atoms with Gasteiger partial charge >= 0.3 is 0 Å². The third-order valence-electron chi connectivity index (χ3n) is 8.97. The van der Waals surface area contributed by atoms with Crippen molar-refractivity contribution < 1.29 is 0 Å². The number of hydrogen-bond acceptors (Lipinski definition) is 1. The zero-order valence-corrected chi connectivity index (χ0v) is 32.9. The summed E-state index contributed by atoms with van der Waals surface area (Å²) in [5.41, 5.74) is 17.4. The van der Waals surface area contributed by atoms with E-state index in [1.165, 1.54) is 61.2 Å². The Morgan fingerprint density at radius 1 is 0.259 bits per heavy atom. The first-order chi connectivity index (χ1) is 26.1. The van der Waals surface area contributed by atoms with E-state index in [0.717, 1.165) is 17.1 Å². The Kier molecular flexibility index (Phi) is 14.2. The molecular formula is C53H53N. The lowest BCUT2D eigenvalue weighted by atomic mass is 10.1. The van der Waals surface area contributed by atoms with Gasteiger partial charge < -0.3 is 4.90 Å². The molecule has 0 saturated heterocycles. The van der Waals surface area contributed by atoms with Crippen molar-refractivity contribution in [1.82, 2.24) is 0 Å². The van der Waals surface area contributed by atoms with E-state index < -0.39 is 0 Å². The van der Waals surface area contributed by atoms with Crippen LogP contribution in [0.5, 0.6) is 0 Å². The van der Waals surface area contributed by atoms with E-state index in [1.807, 2.05) is 0 Å². The molecule has 7 rings (SSSR count). The van der Waals surface area contributed by atoms with Crippen LogP contribution in [-0.4, -0.2) is 0 Å². The monoisotopic (exact) mass is 703 g/mol. The Labute approximate surface area is 324 Å². The summed E-state index contributed by atoms with van der Waals surface area (Å²) >= 11 is 0. The van der Waals surface area contributed by atoms with Gasteiger partial charge in [0.15, 0.2) is 0 Å². The Bertz CT molecular complexity index is 2150. The van der Waals surface area contributed by atoms with Crippen molar-refractivity contribution in [2.75, 3.05) is 4.90 Å². The fourth-order valence-corrected chi connectivity index (χ4v) is 6.11. The second kappa shape index (κ2) is 19.6. The molecule has 1 heteroatoms. The highest BCUT2D eigenvalue weighted by molar-refractivity contribution is 5.79. The van der Waals surface area contributed by atoms with E-state index in [4.69, 9.17) is 0 Å². The molecule has 0 saturated carbocycles. The molecule has 0 aliphatic rings. The predicted molar refractivity (Wildman–Crippen MR) is 238 cm³/mol. The standard InChI is InChI=1S/C37H33N.2C8H10/c1-28-10-12-31(13-11-28)14-15-32-16-18-33(19-17-32)20-21-34-22-24-35(25-23-34)38(36-8-4-6-29(2)26-36)37-9-5-7-30(3)27-37;2*1-7-4-3-5-8(2)6-7/h4-27H,1-3H3;2*3-6H,1-2H3/b15-14+,21-20+;;. The Balaban J connectivity index is 0.000000287. The number of nitrogens with zero attached hydrogens (tertiary/aromatic N) is 1. The summed E-state index contributed by atoms with van der Waals surface area (Å²) in [5, 5.41) is 0. The van der Waals surface area contributed by atoms with Crippen LogP contribution < -0.4 is 4.90 Å². The minimum Gasteiger partial charge on any atom is -0.310 e. The molecule has 0 spiro atoms. The molecule has 0 aliphatic heterocycles. The van der Waals surface area contributed by atoms with Gasteiger partial charge in [-0.3, -0.25) is 0 Å². The van der Waals surface area contributed by atoms with E-state index in [9.17, 15) is 0 Å². The summed E-state index contributed by atoms with van der Waals surface area (Å²) in [6, 6.07) is 60.2. The summed E-state index contributed by atoms with van der Waals surface area (Å²) < 4.78 is 0. The van der Waals surface area contributed by atoms with E-state index in [1.54, 1.807) is 0 Å². The quantitative estimate of drug-likeness (QED) is 0.149. The normalized spacial score (nSPS) is 10.7. The van der Waals surface area contributed by atoms with Crippen molar-refractivity contribution in [2.45, 2.75) is 48.5 Å². The second-order valence-corrected chi connectivity index (χ2v) is 14.2. The van der Waals surface area contributed by atoms with E-state index in [0.29, 0.717) is 0 Å². The van der Waals surface area contributed by atoms with Gasteiger partial charge in [0.05, 0.1) is 0 Å². The van der Waals surface area contributed by atoms with Gasteiger partial charge in [0.25, 0.3) is 0 Å². The summed E-state index contributed by atoms with van der Waals surface area (Å²) in [6.07, 6.45) is 8.65. The van der Waals surface area contributed by atoms with Gasteiger partial charge in [-0.25, -0.2) is 0 Å². The molecule has 0 atom stereocenters. The highest BCUT2D eigenvalue weighted by atomic mass is 15.1. The van der Waals surface area contributed by atoms with Crippen LogP contribution in [0.25, 0.3) is 24.3 Å². The topological polar surface area (TPSA) is 3.24 Å². The fraction of sp³-hybridized carbons (Fsp3) is 0.132. The Morgan fingerprint density at radius 2 is 0.537 bits per heavy atom. The van der Waals surface area contributed by atoms with Crippen molar-refractivity contribution in [3.05, 3.63) is 231 Å². The SMILES string of the molecule is Cc1ccc(/C=C/c2ccc(/C=C/c3ccc(N(c4cccc(C)c4)c4cccc(C)c4)cc3)cc2)cc1.Cc1cccc(C)c1.Cc1cccc(C)c1. The molecule has 0 aromatic heterocycles. The lowest BCUT2D eigenvalue weighted by Crippen LogP contribution is -2.10. The zero-order valence-electron chi connectivity index (χ0n) is 32.9. The molecule has 0 bridgehead atoms. The van der Waals surface area contributed by atoms with Crippen LogP contribution in [0.15, 0.2) is 170 Å². The third-order valence-corrected chi connectivity index (χ3v) is 8.97. The Hall–Kier alpha value is -6.18. The predicted octanol–water partition coefficient (Wildman–Crippen LogP) is 15.0. The molecule has 0 amide bonds. The van der Waals surface area contributed by atoms with Gasteiger partial charge in [0.1, 0.15) is 0 Å². The summed E-state index contributed by atoms with van der Waals surface area (Å²) in [6.45, 7) is 14.8. The minimum absolute atomic E-state index is 1.14. The average Bonchev–Trinajstić information content (AvgIpc) is 3.15. The van der Waals surface area contributed by atoms with Crippen LogP contribution in [-0.2, 0) is 0 Å². The van der Waals surface area contributed by atoms with Crippen molar-refractivity contribution >= 4 is 41.4 Å². The molecule has 0 heterocycles. The van der Waals surface area contributed by atoms with Crippen molar-refractivity contribution in [1.29, 1.82) is 0 Å². The van der Waals surface area contributed by atoms with Crippen molar-refractivity contribution in [2.24, 2.45) is 0 Å². The highest BCUT2D eigenvalue weighted by Gasteiger charge is 2.12. The number of benzene rings is 7. The molecule has 0 radical (unpaired) electrons. The third kappa shape index (κ3) is 12.5. The maximum absolute atomic E-state index is 2.32. The van der Waals surface area contributed by atoms with Gasteiger partial charge in [0, 0.05) is 17.1 Å². The van der Waals surface area contributed by atoms with Crippen LogP contribution in [0.3, 0.4) is 0 Å². The minimum atomic E-state index is 1.14. The molecule has 54 heavy (non-hydrogen) atoms. The van der Waals surface area contributed by atoms with Crippen LogP contribution in [0.4, 0.5) is 17.1 Å². The molecule has 0 aliphatic carbocycles. The summed E-state index contributed by atoms with van der Waals surface area (Å²) in [7, 11) is 0. The first-order valence-corrected chi connectivity index (χ1v) is 18.7. The number of rotatable bonds is 7. The van der Waals surface area contributed by atoms with Crippen LogP contribution >= 0.6 is 0 Å². The van der Waals surface area contributed by atoms with Gasteiger partial charge in [0.2, 0.25) is 0 Å². The van der Waals surface area contributed by atoms with Crippen LogP contribution in [0.1, 0.15) is 61.2 Å². The highest BCUT2D eigenvalue weighted by Crippen LogP contribution is 2.35. The maximum Gasteiger partial charge on any atom is 0.0464 e. The smallest absolute Gasteiger partial charge is 0.0464 e. The molecule has 0 fully saturated rings. The average molecular weight is 704 g/mol. The van der Waals surface area contributed by atoms with Gasteiger partial charge in [-0.1, -0.05) is 186 Å². The van der Waals surface area contributed by atoms with Gasteiger partial charge in [-0.15, -0.1) is 0 Å². The molecule has 270 valence electrons. The fourth-order valence-electron chi connectivity index (χ4n) is 6.11. The number of aryl methyl sites for hydroxylation is 7. The number of anilines is 3. The molecule has 7 aromatic carbocycles. The van der Waals surface area contributed by atoms with Gasteiger partial charge in [-0.2, -0.15) is 0 Å². The second-order valence-electron chi connectivity index (χ2n) is 14.2. The molecule has 0 N–H and O–H groups in total. The van der Waals surface area contributed by atoms with Crippen LogP contribution in [0, 0.1) is 48.5 Å². The first kappa shape index (κ1) is 39.0. The van der Waals surface area contributed by atoms with Crippen molar-refractivity contribution in [3.8, 4) is 0 Å². The van der Waals surface area contributed by atoms with E-state index >= 15 is 0 Å².